The van der Waals surface area contributed by atoms with Gasteiger partial charge in [0.1, 0.15) is 17.1 Å². The fourth-order valence-electron chi connectivity index (χ4n) is 2.81. The van der Waals surface area contributed by atoms with Gasteiger partial charge >= 0.3 is 0 Å². The van der Waals surface area contributed by atoms with E-state index in [4.69, 9.17) is 5.73 Å². The fourth-order valence-corrected chi connectivity index (χ4v) is 2.81. The molecule has 0 spiro atoms. The lowest BCUT2D eigenvalue weighted by Crippen LogP contribution is -2.36. The summed E-state index contributed by atoms with van der Waals surface area (Å²) in [7, 11) is 0. The number of phenols is 1. The van der Waals surface area contributed by atoms with Crippen LogP contribution in [0.5, 0.6) is 5.75 Å². The quantitative estimate of drug-likeness (QED) is 0.792. The zero-order chi connectivity index (χ0) is 15.1. The molecule has 4 nitrogen and oxygen atoms in total. The number of amides is 1. The number of fused-ring (bicyclic) bond motifs is 1. The molecule has 0 aliphatic carbocycles. The first-order valence-electron chi connectivity index (χ1n) is 6.68. The van der Waals surface area contributed by atoms with Gasteiger partial charge in [-0.15, -0.1) is 0 Å². The Morgan fingerprint density at radius 1 is 1.38 bits per heavy atom. The Balaban J connectivity index is 2.07. The molecule has 3 N–H and O–H groups in total. The zero-order valence-corrected chi connectivity index (χ0v) is 11.5. The highest BCUT2D eigenvalue weighted by Crippen LogP contribution is 2.36. The van der Waals surface area contributed by atoms with Gasteiger partial charge in [0.25, 0.3) is 5.91 Å². The number of halogens is 1. The molecule has 0 bridgehead atoms. The fraction of sp³-hybridized carbons (Fsp3) is 0.188. The molecule has 0 saturated carbocycles. The Kier molecular flexibility index (Phi) is 3.05. The maximum absolute atomic E-state index is 13.9. The lowest BCUT2D eigenvalue weighted by atomic mass is 10.1. The summed E-state index contributed by atoms with van der Waals surface area (Å²) < 4.78 is 13.9. The molecule has 0 saturated heterocycles. The van der Waals surface area contributed by atoms with Crippen LogP contribution in [0.3, 0.4) is 0 Å². The monoisotopic (exact) mass is 286 g/mol. The van der Waals surface area contributed by atoms with Crippen LogP contribution in [0.1, 0.15) is 22.8 Å². The van der Waals surface area contributed by atoms with Gasteiger partial charge in [0.05, 0.1) is 0 Å². The second-order valence-corrected chi connectivity index (χ2v) is 5.25. The Hall–Kier alpha value is -2.56. The first-order valence-corrected chi connectivity index (χ1v) is 6.68. The average molecular weight is 286 g/mol. The maximum atomic E-state index is 13.9. The van der Waals surface area contributed by atoms with E-state index in [1.165, 1.54) is 17.0 Å². The van der Waals surface area contributed by atoms with Gasteiger partial charge in [0.15, 0.2) is 0 Å². The van der Waals surface area contributed by atoms with Crippen molar-refractivity contribution in [2.24, 2.45) is 0 Å². The van der Waals surface area contributed by atoms with Crippen molar-refractivity contribution in [3.63, 3.8) is 0 Å². The van der Waals surface area contributed by atoms with E-state index in [9.17, 15) is 14.3 Å². The molecule has 1 aliphatic heterocycles. The first-order chi connectivity index (χ1) is 9.99. The van der Waals surface area contributed by atoms with E-state index in [1.807, 2.05) is 13.0 Å². The molecule has 1 aliphatic rings. The molecular weight excluding hydrogens is 271 g/mol. The van der Waals surface area contributed by atoms with Gasteiger partial charge in [0, 0.05) is 17.4 Å². The molecule has 3 rings (SSSR count). The van der Waals surface area contributed by atoms with Crippen molar-refractivity contribution in [1.82, 2.24) is 0 Å². The second kappa shape index (κ2) is 4.77. The molecule has 2 aromatic carbocycles. The number of phenolic OH excluding ortho intramolecular Hbond substituents is 1. The van der Waals surface area contributed by atoms with Crippen LogP contribution in [-0.2, 0) is 6.42 Å². The second-order valence-electron chi connectivity index (χ2n) is 5.25. The van der Waals surface area contributed by atoms with Crippen molar-refractivity contribution < 1.29 is 14.3 Å². The largest absolute Gasteiger partial charge is 0.507 e. The molecule has 1 amide bonds. The maximum Gasteiger partial charge on any atom is 0.265 e. The molecule has 1 heterocycles. The smallest absolute Gasteiger partial charge is 0.265 e. The third kappa shape index (κ3) is 2.11. The summed E-state index contributed by atoms with van der Waals surface area (Å²) in [4.78, 5) is 14.1. The summed E-state index contributed by atoms with van der Waals surface area (Å²) in [5.41, 5.74) is 7.75. The number of nitrogen functional groups attached to an aromatic ring is 1. The van der Waals surface area contributed by atoms with Gasteiger partial charge in [-0.1, -0.05) is 6.07 Å². The molecule has 1 atom stereocenters. The summed E-state index contributed by atoms with van der Waals surface area (Å²) in [5, 5.41) is 9.79. The number of nitrogens with two attached hydrogens (primary N) is 1. The third-order valence-corrected chi connectivity index (χ3v) is 3.74. The topological polar surface area (TPSA) is 66.6 Å². The van der Waals surface area contributed by atoms with Crippen LogP contribution in [0, 0.1) is 5.82 Å². The van der Waals surface area contributed by atoms with E-state index in [-0.39, 0.29) is 17.4 Å². The van der Waals surface area contributed by atoms with Gasteiger partial charge in [-0.05, 0) is 49.2 Å². The number of carbonyl (C=O) groups is 1. The van der Waals surface area contributed by atoms with E-state index in [0.29, 0.717) is 17.8 Å². The van der Waals surface area contributed by atoms with E-state index >= 15 is 0 Å². The number of hydrogen-bond acceptors (Lipinski definition) is 3. The van der Waals surface area contributed by atoms with Crippen LogP contribution in [-0.4, -0.2) is 17.1 Å². The highest BCUT2D eigenvalue weighted by molar-refractivity contribution is 6.09. The Bertz CT molecular complexity index is 710. The molecule has 0 fully saturated rings. The Morgan fingerprint density at radius 2 is 2.14 bits per heavy atom. The van der Waals surface area contributed by atoms with E-state index in [2.05, 4.69) is 0 Å². The minimum atomic E-state index is -0.726. The SMILES string of the molecule is CC1Cc2cc(N)ccc2N1C(=O)c1c(O)cccc1F. The van der Waals surface area contributed by atoms with Crippen LogP contribution >= 0.6 is 0 Å². The number of benzene rings is 2. The van der Waals surface area contributed by atoms with Crippen molar-refractivity contribution in [3.05, 3.63) is 53.3 Å². The average Bonchev–Trinajstić information content (AvgIpc) is 2.73. The van der Waals surface area contributed by atoms with Crippen LogP contribution in [0.2, 0.25) is 0 Å². The van der Waals surface area contributed by atoms with Crippen molar-refractivity contribution in [2.45, 2.75) is 19.4 Å². The van der Waals surface area contributed by atoms with Crippen molar-refractivity contribution in [1.29, 1.82) is 0 Å². The highest BCUT2D eigenvalue weighted by Gasteiger charge is 2.33. The van der Waals surface area contributed by atoms with Gasteiger partial charge in [0.2, 0.25) is 0 Å². The number of nitrogens with zero attached hydrogens (tertiary/aromatic N) is 1. The number of aromatic hydroxyl groups is 1. The summed E-state index contributed by atoms with van der Waals surface area (Å²) in [6, 6.07) is 9.00. The molecule has 0 radical (unpaired) electrons. The molecule has 108 valence electrons. The predicted molar refractivity (Wildman–Crippen MR) is 78.9 cm³/mol. The van der Waals surface area contributed by atoms with Crippen molar-refractivity contribution in [3.8, 4) is 5.75 Å². The standard InChI is InChI=1S/C16H15FN2O2/c1-9-7-10-8-11(18)5-6-13(10)19(9)16(21)15-12(17)3-2-4-14(15)20/h2-6,8-9,20H,7,18H2,1H3. The Labute approximate surface area is 121 Å². The number of carbonyl (C=O) groups excluding carboxylic acids is 1. The van der Waals surface area contributed by atoms with Crippen molar-refractivity contribution in [2.75, 3.05) is 10.6 Å². The third-order valence-electron chi connectivity index (χ3n) is 3.74. The van der Waals surface area contributed by atoms with Gasteiger partial charge < -0.3 is 15.7 Å². The molecule has 1 unspecified atom stereocenters. The molecule has 2 aromatic rings. The Morgan fingerprint density at radius 3 is 2.86 bits per heavy atom. The summed E-state index contributed by atoms with van der Waals surface area (Å²) in [5.74, 6) is -1.62. The summed E-state index contributed by atoms with van der Waals surface area (Å²) in [6.07, 6.45) is 0.654. The summed E-state index contributed by atoms with van der Waals surface area (Å²) >= 11 is 0. The van der Waals surface area contributed by atoms with Crippen LogP contribution in [0.15, 0.2) is 36.4 Å². The minimum absolute atomic E-state index is 0.117. The van der Waals surface area contributed by atoms with Gasteiger partial charge in [-0.2, -0.15) is 0 Å². The van der Waals surface area contributed by atoms with Crippen LogP contribution in [0.4, 0.5) is 15.8 Å². The molecule has 0 aromatic heterocycles. The number of hydrogen-bond donors (Lipinski definition) is 2. The van der Waals surface area contributed by atoms with Crippen LogP contribution in [0.25, 0.3) is 0 Å². The van der Waals surface area contributed by atoms with E-state index < -0.39 is 11.7 Å². The lowest BCUT2D eigenvalue weighted by Gasteiger charge is -2.23. The zero-order valence-electron chi connectivity index (χ0n) is 11.5. The van der Waals surface area contributed by atoms with Gasteiger partial charge in [-0.3, -0.25) is 4.79 Å². The normalized spacial score (nSPS) is 16.9. The first kappa shape index (κ1) is 13.4. The van der Waals surface area contributed by atoms with E-state index in [0.717, 1.165) is 11.6 Å². The molecule has 5 heteroatoms. The number of rotatable bonds is 1. The predicted octanol–water partition coefficient (Wildman–Crippen LogP) is 2.70. The molecular formula is C16H15FN2O2. The van der Waals surface area contributed by atoms with Crippen LogP contribution < -0.4 is 10.6 Å². The van der Waals surface area contributed by atoms with Gasteiger partial charge in [-0.25, -0.2) is 4.39 Å². The highest BCUT2D eigenvalue weighted by atomic mass is 19.1. The summed E-state index contributed by atoms with van der Waals surface area (Å²) in [6.45, 7) is 1.88. The number of anilines is 2. The molecule has 21 heavy (non-hydrogen) atoms. The van der Waals surface area contributed by atoms with E-state index in [1.54, 1.807) is 12.1 Å². The minimum Gasteiger partial charge on any atom is -0.507 e. The van der Waals surface area contributed by atoms with Crippen molar-refractivity contribution >= 4 is 17.3 Å². The lowest BCUT2D eigenvalue weighted by molar-refractivity contribution is 0.0975.